The average Bonchev–Trinajstić information content (AvgIpc) is 3.07. The fourth-order valence-corrected chi connectivity index (χ4v) is 3.96. The first-order valence-corrected chi connectivity index (χ1v) is 9.58. The summed E-state index contributed by atoms with van der Waals surface area (Å²) in [5, 5.41) is 10.3. The van der Waals surface area contributed by atoms with Crippen molar-refractivity contribution in [3.05, 3.63) is 88.4 Å². The molecule has 5 rings (SSSR count). The van der Waals surface area contributed by atoms with E-state index in [-0.39, 0.29) is 11.8 Å². The summed E-state index contributed by atoms with van der Waals surface area (Å²) in [6.07, 6.45) is 0.687. The Labute approximate surface area is 165 Å². The second-order valence-corrected chi connectivity index (χ2v) is 7.53. The molecule has 0 spiro atoms. The van der Waals surface area contributed by atoms with E-state index >= 15 is 0 Å². The zero-order chi connectivity index (χ0) is 18.4. The van der Waals surface area contributed by atoms with Crippen LogP contribution in [0.15, 0.2) is 82.3 Å². The molecule has 1 atom stereocenters. The molecule has 4 nitrogen and oxygen atoms in total. The fourth-order valence-electron chi connectivity index (χ4n) is 3.70. The molecule has 0 saturated carbocycles. The largest absolute Gasteiger partial charge is 0.507 e. The van der Waals surface area contributed by atoms with Gasteiger partial charge in [-0.3, -0.25) is 0 Å². The van der Waals surface area contributed by atoms with Crippen molar-refractivity contribution in [2.24, 2.45) is 4.99 Å². The standard InChI is InChI=1S/C22H16BrN3O/c23-15-11-9-14(10-12-15)20-13-18(16-5-1-4-8-21(16)27)25-22-24-17-6-2-3-7-19(17)26(20)22/h1-12,20,27H,13H2. The van der Waals surface area contributed by atoms with E-state index in [0.717, 1.165) is 26.8 Å². The number of halogens is 1. The van der Waals surface area contributed by atoms with Gasteiger partial charge in [0, 0.05) is 16.5 Å². The van der Waals surface area contributed by atoms with E-state index in [1.807, 2.05) is 36.4 Å². The summed E-state index contributed by atoms with van der Waals surface area (Å²) in [6, 6.07) is 23.9. The number of para-hydroxylation sites is 3. The van der Waals surface area contributed by atoms with Crippen molar-refractivity contribution in [1.29, 1.82) is 0 Å². The third kappa shape index (κ3) is 2.75. The molecule has 0 bridgehead atoms. The molecule has 4 aromatic rings. The van der Waals surface area contributed by atoms with Crippen LogP contribution in [0, 0.1) is 0 Å². The van der Waals surface area contributed by atoms with Crippen molar-refractivity contribution >= 4 is 38.6 Å². The summed E-state index contributed by atoms with van der Waals surface area (Å²) in [5.41, 5.74) is 4.80. The summed E-state index contributed by atoms with van der Waals surface area (Å²) in [7, 11) is 0. The van der Waals surface area contributed by atoms with Crippen LogP contribution in [0.5, 0.6) is 5.75 Å². The first kappa shape index (κ1) is 16.3. The van der Waals surface area contributed by atoms with Crippen molar-refractivity contribution in [3.63, 3.8) is 0 Å². The molecule has 1 aromatic heterocycles. The van der Waals surface area contributed by atoms with Crippen LogP contribution in [0.4, 0.5) is 5.95 Å². The SMILES string of the molecule is Oc1ccccc1C1=Nc2nc3ccccc3n2C(c2ccc(Br)cc2)C1. The van der Waals surface area contributed by atoms with Crippen molar-refractivity contribution in [2.75, 3.05) is 0 Å². The van der Waals surface area contributed by atoms with Gasteiger partial charge in [0.25, 0.3) is 0 Å². The number of benzene rings is 3. The highest BCUT2D eigenvalue weighted by Crippen LogP contribution is 2.38. The summed E-state index contributed by atoms with van der Waals surface area (Å²) in [4.78, 5) is 9.54. The number of aromatic hydroxyl groups is 1. The molecule has 1 N–H and O–H groups in total. The maximum absolute atomic E-state index is 10.3. The zero-order valence-corrected chi connectivity index (χ0v) is 16.0. The predicted molar refractivity (Wildman–Crippen MR) is 111 cm³/mol. The number of phenols is 1. The van der Waals surface area contributed by atoms with Crippen LogP contribution >= 0.6 is 15.9 Å². The van der Waals surface area contributed by atoms with Crippen LogP contribution in [0.1, 0.15) is 23.6 Å². The molecule has 1 aliphatic heterocycles. The normalized spacial score (nSPS) is 16.2. The van der Waals surface area contributed by atoms with Gasteiger partial charge < -0.3 is 9.67 Å². The Morgan fingerprint density at radius 3 is 2.48 bits per heavy atom. The first-order valence-electron chi connectivity index (χ1n) is 8.79. The van der Waals surface area contributed by atoms with Crippen LogP contribution in [0.25, 0.3) is 11.0 Å². The van der Waals surface area contributed by atoms with Crippen molar-refractivity contribution in [1.82, 2.24) is 9.55 Å². The number of aliphatic imine (C=N–C) groups is 1. The molecular formula is C22H16BrN3O. The molecule has 0 saturated heterocycles. The highest BCUT2D eigenvalue weighted by atomic mass is 79.9. The minimum absolute atomic E-state index is 0.0626. The molecule has 132 valence electrons. The van der Waals surface area contributed by atoms with Gasteiger partial charge in [-0.2, -0.15) is 0 Å². The Hall–Kier alpha value is -2.92. The van der Waals surface area contributed by atoms with E-state index in [0.29, 0.717) is 12.4 Å². The van der Waals surface area contributed by atoms with Gasteiger partial charge >= 0.3 is 0 Å². The monoisotopic (exact) mass is 417 g/mol. The van der Waals surface area contributed by atoms with Gasteiger partial charge in [0.05, 0.1) is 22.8 Å². The lowest BCUT2D eigenvalue weighted by atomic mass is 9.95. The zero-order valence-electron chi connectivity index (χ0n) is 14.4. The van der Waals surface area contributed by atoms with Crippen molar-refractivity contribution < 1.29 is 5.11 Å². The van der Waals surface area contributed by atoms with E-state index in [2.05, 4.69) is 50.8 Å². The Morgan fingerprint density at radius 2 is 1.67 bits per heavy atom. The second kappa shape index (κ2) is 6.35. The van der Waals surface area contributed by atoms with Crippen molar-refractivity contribution in [2.45, 2.75) is 12.5 Å². The van der Waals surface area contributed by atoms with Gasteiger partial charge in [-0.15, -0.1) is 0 Å². The summed E-state index contributed by atoms with van der Waals surface area (Å²) < 4.78 is 3.24. The Balaban J connectivity index is 1.74. The highest BCUT2D eigenvalue weighted by molar-refractivity contribution is 9.10. The number of hydrogen-bond donors (Lipinski definition) is 1. The van der Waals surface area contributed by atoms with Gasteiger partial charge in [-0.05, 0) is 42.0 Å². The molecule has 2 heterocycles. The van der Waals surface area contributed by atoms with Gasteiger partial charge in [-0.25, -0.2) is 9.98 Å². The summed E-state index contributed by atoms with van der Waals surface area (Å²) in [5.74, 6) is 0.920. The van der Waals surface area contributed by atoms with Crippen LogP contribution in [-0.4, -0.2) is 20.4 Å². The van der Waals surface area contributed by atoms with E-state index in [1.54, 1.807) is 6.07 Å². The lowest BCUT2D eigenvalue weighted by Crippen LogP contribution is -2.20. The van der Waals surface area contributed by atoms with Gasteiger partial charge in [-0.1, -0.05) is 52.3 Å². The van der Waals surface area contributed by atoms with Crippen LogP contribution in [-0.2, 0) is 0 Å². The predicted octanol–water partition coefficient (Wildman–Crippen LogP) is 5.62. The molecule has 0 amide bonds. The Morgan fingerprint density at radius 1 is 0.926 bits per heavy atom. The molecule has 27 heavy (non-hydrogen) atoms. The van der Waals surface area contributed by atoms with Crippen LogP contribution in [0.3, 0.4) is 0 Å². The van der Waals surface area contributed by atoms with Gasteiger partial charge in [0.1, 0.15) is 5.75 Å². The molecule has 0 radical (unpaired) electrons. The molecule has 1 unspecified atom stereocenters. The number of hydrogen-bond acceptors (Lipinski definition) is 3. The maximum atomic E-state index is 10.3. The van der Waals surface area contributed by atoms with Gasteiger partial charge in [0.15, 0.2) is 0 Å². The second-order valence-electron chi connectivity index (χ2n) is 6.62. The third-order valence-electron chi connectivity index (χ3n) is 4.98. The number of nitrogens with zero attached hydrogens (tertiary/aromatic N) is 3. The third-order valence-corrected chi connectivity index (χ3v) is 5.51. The number of imidazole rings is 1. The highest BCUT2D eigenvalue weighted by Gasteiger charge is 2.28. The number of aromatic nitrogens is 2. The Bertz CT molecular complexity index is 1180. The van der Waals surface area contributed by atoms with E-state index in [1.165, 1.54) is 5.56 Å². The molecule has 1 aliphatic rings. The number of phenolic OH excluding ortho intramolecular Hbond substituents is 1. The van der Waals surface area contributed by atoms with Crippen LogP contribution < -0.4 is 0 Å². The molecule has 0 aliphatic carbocycles. The van der Waals surface area contributed by atoms with Crippen molar-refractivity contribution in [3.8, 4) is 5.75 Å². The minimum Gasteiger partial charge on any atom is -0.507 e. The lowest BCUT2D eigenvalue weighted by molar-refractivity contribution is 0.473. The molecular weight excluding hydrogens is 402 g/mol. The summed E-state index contributed by atoms with van der Waals surface area (Å²) >= 11 is 3.52. The van der Waals surface area contributed by atoms with E-state index in [9.17, 15) is 5.11 Å². The number of fused-ring (bicyclic) bond motifs is 3. The van der Waals surface area contributed by atoms with Crippen LogP contribution in [0.2, 0.25) is 0 Å². The van der Waals surface area contributed by atoms with Gasteiger partial charge in [0.2, 0.25) is 5.95 Å². The molecule has 0 fully saturated rings. The molecule has 3 aromatic carbocycles. The summed E-state index contributed by atoms with van der Waals surface area (Å²) in [6.45, 7) is 0. The average molecular weight is 418 g/mol. The Kier molecular flexibility index (Phi) is 3.83. The maximum Gasteiger partial charge on any atom is 0.231 e. The minimum atomic E-state index is 0.0626. The quantitative estimate of drug-likeness (QED) is 0.460. The fraction of sp³-hybridized carbons (Fsp3) is 0.0909. The van der Waals surface area contributed by atoms with E-state index < -0.39 is 0 Å². The molecule has 5 heteroatoms. The first-order chi connectivity index (χ1) is 13.2. The topological polar surface area (TPSA) is 50.4 Å². The smallest absolute Gasteiger partial charge is 0.231 e. The lowest BCUT2D eigenvalue weighted by Gasteiger charge is -2.26. The number of rotatable bonds is 2. The van der Waals surface area contributed by atoms with E-state index in [4.69, 9.17) is 9.98 Å².